The predicted octanol–water partition coefficient (Wildman–Crippen LogP) is 4.15. The summed E-state index contributed by atoms with van der Waals surface area (Å²) < 4.78 is 28.5. The first kappa shape index (κ1) is 14.2. The first-order valence-corrected chi connectivity index (χ1v) is 6.95. The molecular weight excluding hydrogens is 248 g/mol. The zero-order valence-electron chi connectivity index (χ0n) is 11.5. The first-order valence-electron chi connectivity index (χ1n) is 6.95. The molecule has 1 aliphatic rings. The molecule has 1 atom stereocenters. The summed E-state index contributed by atoms with van der Waals surface area (Å²) in [6.07, 6.45) is 5.04. The van der Waals surface area contributed by atoms with Crippen LogP contribution in [0.4, 0.5) is 8.78 Å². The lowest BCUT2D eigenvalue weighted by Crippen LogP contribution is -2.28. The molecule has 1 fully saturated rings. The predicted molar refractivity (Wildman–Crippen MR) is 70.5 cm³/mol. The van der Waals surface area contributed by atoms with Crippen molar-refractivity contribution in [2.45, 2.75) is 52.0 Å². The minimum Gasteiger partial charge on any atom is -0.353 e. The quantitative estimate of drug-likeness (QED) is 0.752. The van der Waals surface area contributed by atoms with Crippen LogP contribution in [0.5, 0.6) is 0 Å². The highest BCUT2D eigenvalue weighted by Gasteiger charge is 2.36. The Morgan fingerprint density at radius 1 is 1.53 bits per heavy atom. The summed E-state index contributed by atoms with van der Waals surface area (Å²) in [4.78, 5) is 11.8. The van der Waals surface area contributed by atoms with Crippen LogP contribution in [-0.2, 0) is 6.54 Å². The van der Waals surface area contributed by atoms with Gasteiger partial charge in [0.1, 0.15) is 0 Å². The van der Waals surface area contributed by atoms with E-state index in [1.54, 1.807) is 12.3 Å². The van der Waals surface area contributed by atoms with Crippen LogP contribution in [0.2, 0.25) is 0 Å². The fraction of sp³-hybridized carbons (Fsp3) is 0.667. The van der Waals surface area contributed by atoms with Gasteiger partial charge in [-0.2, -0.15) is 0 Å². The zero-order chi connectivity index (χ0) is 14.0. The largest absolute Gasteiger partial charge is 0.353 e. The third-order valence-electron chi connectivity index (χ3n) is 3.77. The molecule has 0 amide bonds. The molecule has 19 heavy (non-hydrogen) atoms. The summed E-state index contributed by atoms with van der Waals surface area (Å²) in [7, 11) is 0. The van der Waals surface area contributed by atoms with E-state index in [1.165, 1.54) is 0 Å². The minimum atomic E-state index is -2.51. The molecule has 0 aliphatic heterocycles. The molecule has 1 aromatic heterocycles. The molecule has 1 aliphatic carbocycles. The Hall–Kier alpha value is -1.19. The molecule has 0 saturated heterocycles. The summed E-state index contributed by atoms with van der Waals surface area (Å²) in [6.45, 7) is 4.31. The second-order valence-corrected chi connectivity index (χ2v) is 5.93. The first-order chi connectivity index (χ1) is 8.87. The van der Waals surface area contributed by atoms with Crippen LogP contribution in [-0.4, -0.2) is 16.3 Å². The van der Waals surface area contributed by atoms with Gasteiger partial charge in [-0.15, -0.1) is 0 Å². The number of hydrogen-bond donors (Lipinski definition) is 0. The van der Waals surface area contributed by atoms with Gasteiger partial charge in [0.2, 0.25) is 5.92 Å². The van der Waals surface area contributed by atoms with Gasteiger partial charge in [0.25, 0.3) is 0 Å². The van der Waals surface area contributed by atoms with Gasteiger partial charge in [-0.3, -0.25) is 4.79 Å². The van der Waals surface area contributed by atoms with E-state index in [1.807, 2.05) is 24.6 Å². The van der Waals surface area contributed by atoms with E-state index in [0.717, 1.165) is 6.42 Å². The van der Waals surface area contributed by atoms with E-state index in [9.17, 15) is 13.6 Å². The van der Waals surface area contributed by atoms with Crippen molar-refractivity contribution in [3.63, 3.8) is 0 Å². The van der Waals surface area contributed by atoms with Crippen molar-refractivity contribution in [1.82, 2.24) is 4.57 Å². The number of aromatic nitrogens is 1. The van der Waals surface area contributed by atoms with E-state index in [0.29, 0.717) is 18.5 Å². The number of ketones is 1. The van der Waals surface area contributed by atoms with E-state index >= 15 is 0 Å². The van der Waals surface area contributed by atoms with Crippen molar-refractivity contribution in [1.29, 1.82) is 0 Å². The smallest absolute Gasteiger partial charge is 0.248 e. The lowest BCUT2D eigenvalue weighted by molar-refractivity contribution is -0.0547. The maximum Gasteiger partial charge on any atom is 0.248 e. The van der Waals surface area contributed by atoms with E-state index in [-0.39, 0.29) is 30.5 Å². The molecule has 2 rings (SSSR count). The Morgan fingerprint density at radius 3 is 2.89 bits per heavy atom. The Morgan fingerprint density at radius 2 is 2.26 bits per heavy atom. The van der Waals surface area contributed by atoms with Crippen LogP contribution in [0, 0.1) is 11.8 Å². The third-order valence-corrected chi connectivity index (χ3v) is 3.77. The van der Waals surface area contributed by atoms with Crippen molar-refractivity contribution in [2.24, 2.45) is 11.8 Å². The molecule has 1 saturated carbocycles. The number of Topliss-reactive ketones (excluding diaryl/α,β-unsaturated/α-hetero) is 1. The van der Waals surface area contributed by atoms with Gasteiger partial charge in [-0.05, 0) is 24.8 Å². The van der Waals surface area contributed by atoms with Gasteiger partial charge in [0.15, 0.2) is 5.78 Å². The van der Waals surface area contributed by atoms with Crippen molar-refractivity contribution in [3.05, 3.63) is 24.0 Å². The lowest BCUT2D eigenvalue weighted by atomic mass is 9.86. The van der Waals surface area contributed by atoms with E-state index in [4.69, 9.17) is 0 Å². The normalized spacial score (nSPS) is 22.7. The molecule has 1 heterocycles. The van der Waals surface area contributed by atoms with Gasteiger partial charge < -0.3 is 4.57 Å². The minimum absolute atomic E-state index is 0.0122. The van der Waals surface area contributed by atoms with Crippen molar-refractivity contribution in [3.8, 4) is 0 Å². The number of carbonyl (C=O) groups excluding carboxylic acids is 1. The molecule has 0 radical (unpaired) electrons. The monoisotopic (exact) mass is 269 g/mol. The molecule has 4 heteroatoms. The summed E-state index contributed by atoms with van der Waals surface area (Å²) >= 11 is 0. The van der Waals surface area contributed by atoms with Crippen LogP contribution in [0.25, 0.3) is 0 Å². The summed E-state index contributed by atoms with van der Waals surface area (Å²) in [5.74, 6) is -2.42. The van der Waals surface area contributed by atoms with Crippen molar-refractivity contribution < 1.29 is 13.6 Å². The molecule has 0 N–H and O–H groups in total. The van der Waals surface area contributed by atoms with Gasteiger partial charge in [0, 0.05) is 43.3 Å². The fourth-order valence-electron chi connectivity index (χ4n) is 2.76. The van der Waals surface area contributed by atoms with Gasteiger partial charge >= 0.3 is 0 Å². The number of carbonyl (C=O) groups is 1. The molecule has 1 unspecified atom stereocenters. The number of nitrogens with zero attached hydrogens (tertiary/aromatic N) is 1. The van der Waals surface area contributed by atoms with Gasteiger partial charge in [-0.1, -0.05) is 13.8 Å². The summed E-state index contributed by atoms with van der Waals surface area (Å²) in [6, 6.07) is 1.78. The maximum absolute atomic E-state index is 13.3. The van der Waals surface area contributed by atoms with E-state index in [2.05, 4.69) is 0 Å². The van der Waals surface area contributed by atoms with Crippen molar-refractivity contribution in [2.75, 3.05) is 0 Å². The molecule has 1 aromatic rings. The number of alkyl halides is 2. The highest BCUT2D eigenvalue weighted by atomic mass is 19.3. The van der Waals surface area contributed by atoms with Crippen molar-refractivity contribution >= 4 is 5.78 Å². The van der Waals surface area contributed by atoms with Crippen LogP contribution in [0.15, 0.2) is 18.5 Å². The number of halogens is 2. The van der Waals surface area contributed by atoms with Crippen LogP contribution in [0.3, 0.4) is 0 Å². The number of rotatable bonds is 4. The molecule has 0 spiro atoms. The summed E-state index contributed by atoms with van der Waals surface area (Å²) in [5.41, 5.74) is 0.678. The highest BCUT2D eigenvalue weighted by Crippen LogP contribution is 2.37. The molecule has 0 aromatic carbocycles. The van der Waals surface area contributed by atoms with Crippen LogP contribution >= 0.6 is 0 Å². The average Bonchev–Trinajstić information content (AvgIpc) is 2.75. The topological polar surface area (TPSA) is 22.0 Å². The summed E-state index contributed by atoms with van der Waals surface area (Å²) in [5, 5.41) is 0. The standard InChI is InChI=1S/C15H21F2NO/c1-11(2)14(19)13-5-7-18(10-13)9-12-4-3-6-15(16,17)8-12/h5,7,10-12H,3-4,6,8-9H2,1-2H3. The highest BCUT2D eigenvalue weighted by molar-refractivity contribution is 5.97. The second-order valence-electron chi connectivity index (χ2n) is 5.93. The molecule has 0 bridgehead atoms. The molecular formula is C15H21F2NO. The maximum atomic E-state index is 13.3. The Kier molecular flexibility index (Phi) is 4.07. The zero-order valence-corrected chi connectivity index (χ0v) is 11.5. The van der Waals surface area contributed by atoms with E-state index < -0.39 is 5.92 Å². The Bertz CT molecular complexity index is 451. The number of hydrogen-bond acceptors (Lipinski definition) is 1. The lowest BCUT2D eigenvalue weighted by Gasteiger charge is -2.29. The fourth-order valence-corrected chi connectivity index (χ4v) is 2.76. The average molecular weight is 269 g/mol. The van der Waals surface area contributed by atoms with Gasteiger partial charge in [0.05, 0.1) is 0 Å². The third kappa shape index (κ3) is 3.64. The molecule has 2 nitrogen and oxygen atoms in total. The van der Waals surface area contributed by atoms with Crippen LogP contribution in [0.1, 0.15) is 49.9 Å². The second kappa shape index (κ2) is 5.43. The van der Waals surface area contributed by atoms with Crippen LogP contribution < -0.4 is 0 Å². The Balaban J connectivity index is 1.98. The van der Waals surface area contributed by atoms with Gasteiger partial charge in [-0.25, -0.2) is 8.78 Å². The Labute approximate surface area is 112 Å². The molecule has 106 valence electrons. The SMILES string of the molecule is CC(C)C(=O)c1ccn(CC2CCCC(F)(F)C2)c1.